The van der Waals surface area contributed by atoms with Gasteiger partial charge in [-0.1, -0.05) is 15.9 Å². The lowest BCUT2D eigenvalue weighted by Crippen LogP contribution is -2.27. The zero-order valence-electron chi connectivity index (χ0n) is 16.4. The molecule has 0 bridgehead atoms. The van der Waals surface area contributed by atoms with Crippen LogP contribution in [0.15, 0.2) is 28.9 Å². The Labute approximate surface area is 172 Å². The minimum Gasteiger partial charge on any atom is -0.462 e. The van der Waals surface area contributed by atoms with E-state index in [1.807, 2.05) is 26.8 Å². The van der Waals surface area contributed by atoms with E-state index < -0.39 is 11.7 Å². The van der Waals surface area contributed by atoms with Crippen LogP contribution in [0.25, 0.3) is 5.69 Å². The Morgan fingerprint density at radius 3 is 2.61 bits per heavy atom. The van der Waals surface area contributed by atoms with Crippen molar-refractivity contribution in [1.82, 2.24) is 9.78 Å². The Morgan fingerprint density at radius 1 is 1.29 bits per heavy atom. The first-order valence-electron chi connectivity index (χ1n) is 9.24. The van der Waals surface area contributed by atoms with E-state index in [0.29, 0.717) is 17.9 Å². The second kappa shape index (κ2) is 7.95. The number of aromatic nitrogens is 2. The van der Waals surface area contributed by atoms with Gasteiger partial charge in [-0.15, -0.1) is 0 Å². The van der Waals surface area contributed by atoms with Crippen LogP contribution in [0.3, 0.4) is 0 Å². The van der Waals surface area contributed by atoms with E-state index in [1.165, 1.54) is 0 Å². The number of rotatable bonds is 5. The molecule has 1 aromatic heterocycles. The number of hydrogen-bond donors (Lipinski definition) is 1. The third-order valence-electron chi connectivity index (χ3n) is 4.04. The first-order chi connectivity index (χ1) is 13.2. The molecule has 0 atom stereocenters. The average Bonchev–Trinajstić information content (AvgIpc) is 3.30. The summed E-state index contributed by atoms with van der Waals surface area (Å²) in [6.07, 6.45) is 3.03. The molecule has 28 heavy (non-hydrogen) atoms. The van der Waals surface area contributed by atoms with Crippen LogP contribution in [0.5, 0.6) is 0 Å². The van der Waals surface area contributed by atoms with E-state index in [1.54, 1.807) is 29.9 Å². The number of carbonyl (C=O) groups excluding carboxylic acids is 2. The summed E-state index contributed by atoms with van der Waals surface area (Å²) in [6, 6.07) is 5.45. The highest BCUT2D eigenvalue weighted by Gasteiger charge is 2.33. The maximum absolute atomic E-state index is 12.3. The van der Waals surface area contributed by atoms with Gasteiger partial charge in [-0.3, -0.25) is 5.32 Å². The minimum atomic E-state index is -0.589. The van der Waals surface area contributed by atoms with Crippen molar-refractivity contribution in [3.63, 3.8) is 0 Å². The van der Waals surface area contributed by atoms with Gasteiger partial charge < -0.3 is 9.47 Å². The van der Waals surface area contributed by atoms with E-state index >= 15 is 0 Å². The number of ether oxygens (including phenoxy) is 2. The molecule has 1 fully saturated rings. The van der Waals surface area contributed by atoms with E-state index in [9.17, 15) is 9.59 Å². The van der Waals surface area contributed by atoms with Crippen LogP contribution in [0, 0.1) is 0 Å². The molecule has 1 amide bonds. The summed E-state index contributed by atoms with van der Waals surface area (Å²) in [6.45, 7) is 7.52. The predicted molar refractivity (Wildman–Crippen MR) is 109 cm³/mol. The third-order valence-corrected chi connectivity index (χ3v) is 4.50. The van der Waals surface area contributed by atoms with Gasteiger partial charge in [-0.05, 0) is 58.7 Å². The molecular weight excluding hydrogens is 426 g/mol. The molecule has 0 spiro atoms. The standard InChI is InChI=1S/C20H24BrN3O4/c1-5-27-18(25)16-11-22-24(17(16)12-6-7-12)15-9-13(21)8-14(10-15)23-19(26)28-20(2,3)4/h8-12H,5-7H2,1-4H3,(H,23,26). The first kappa shape index (κ1) is 20.4. The van der Waals surface area contributed by atoms with Crippen LogP contribution in [-0.2, 0) is 9.47 Å². The number of nitrogens with zero attached hydrogens (tertiary/aromatic N) is 2. The van der Waals surface area contributed by atoms with Crippen LogP contribution in [0.2, 0.25) is 0 Å². The van der Waals surface area contributed by atoms with Crippen LogP contribution in [-0.4, -0.2) is 34.1 Å². The Hall–Kier alpha value is -2.35. The molecule has 0 radical (unpaired) electrons. The molecule has 150 valence electrons. The minimum absolute atomic E-state index is 0.281. The fraction of sp³-hybridized carbons (Fsp3) is 0.450. The van der Waals surface area contributed by atoms with Crippen molar-refractivity contribution in [1.29, 1.82) is 0 Å². The number of nitrogens with one attached hydrogen (secondary N) is 1. The molecule has 3 rings (SSSR count). The number of carbonyl (C=O) groups is 2. The van der Waals surface area contributed by atoms with Crippen molar-refractivity contribution in [3.05, 3.63) is 40.1 Å². The molecule has 0 unspecified atom stereocenters. The highest BCUT2D eigenvalue weighted by Crippen LogP contribution is 2.43. The Kier molecular flexibility index (Phi) is 5.79. The highest BCUT2D eigenvalue weighted by atomic mass is 79.9. The predicted octanol–water partition coefficient (Wildman–Crippen LogP) is 5.04. The summed E-state index contributed by atoms with van der Waals surface area (Å²) in [7, 11) is 0. The van der Waals surface area contributed by atoms with E-state index in [-0.39, 0.29) is 11.9 Å². The largest absolute Gasteiger partial charge is 0.462 e. The van der Waals surface area contributed by atoms with Crippen LogP contribution in [0.1, 0.15) is 62.5 Å². The van der Waals surface area contributed by atoms with Crippen LogP contribution in [0.4, 0.5) is 10.5 Å². The maximum Gasteiger partial charge on any atom is 0.412 e. The average molecular weight is 450 g/mol. The van der Waals surface area contributed by atoms with Gasteiger partial charge in [-0.25, -0.2) is 14.3 Å². The normalized spacial score (nSPS) is 13.9. The second-order valence-corrected chi connectivity index (χ2v) is 8.59. The second-order valence-electron chi connectivity index (χ2n) is 7.68. The van der Waals surface area contributed by atoms with Gasteiger partial charge in [0.1, 0.15) is 11.2 Å². The van der Waals surface area contributed by atoms with E-state index in [2.05, 4.69) is 26.3 Å². The third kappa shape index (κ3) is 4.92. The SMILES string of the molecule is CCOC(=O)c1cnn(-c2cc(Br)cc(NC(=O)OC(C)(C)C)c2)c1C1CC1. The summed E-state index contributed by atoms with van der Waals surface area (Å²) < 4.78 is 13.0. The fourth-order valence-corrected chi connectivity index (χ4v) is 3.35. The molecule has 7 nitrogen and oxygen atoms in total. The number of benzene rings is 1. The van der Waals surface area contributed by atoms with E-state index in [4.69, 9.17) is 9.47 Å². The van der Waals surface area contributed by atoms with Gasteiger partial charge in [0.25, 0.3) is 0 Å². The van der Waals surface area contributed by atoms with Crippen molar-refractivity contribution in [2.24, 2.45) is 0 Å². The van der Waals surface area contributed by atoms with Crippen molar-refractivity contribution in [3.8, 4) is 5.69 Å². The molecular formula is C20H24BrN3O4. The van der Waals surface area contributed by atoms with Gasteiger partial charge >= 0.3 is 12.1 Å². The first-order valence-corrected chi connectivity index (χ1v) is 10.0. The molecule has 1 heterocycles. The summed E-state index contributed by atoms with van der Waals surface area (Å²) >= 11 is 3.47. The van der Waals surface area contributed by atoms with Crippen molar-refractivity contribution in [2.75, 3.05) is 11.9 Å². The lowest BCUT2D eigenvalue weighted by atomic mass is 10.1. The van der Waals surface area contributed by atoms with Gasteiger partial charge in [0, 0.05) is 16.1 Å². The molecule has 2 aromatic rings. The van der Waals surface area contributed by atoms with Crippen molar-refractivity contribution >= 4 is 33.7 Å². The number of hydrogen-bond acceptors (Lipinski definition) is 5. The smallest absolute Gasteiger partial charge is 0.412 e. The Balaban J connectivity index is 1.93. The number of amides is 1. The monoisotopic (exact) mass is 449 g/mol. The topological polar surface area (TPSA) is 82.5 Å². The molecule has 8 heteroatoms. The Bertz CT molecular complexity index is 897. The molecule has 0 aliphatic heterocycles. The molecule has 1 aliphatic carbocycles. The number of halogens is 1. The molecule has 1 aliphatic rings. The van der Waals surface area contributed by atoms with Gasteiger partial charge in [0.05, 0.1) is 24.2 Å². The quantitative estimate of drug-likeness (QED) is 0.646. The zero-order chi connectivity index (χ0) is 20.5. The van der Waals surface area contributed by atoms with Crippen molar-refractivity contribution < 1.29 is 19.1 Å². The summed E-state index contributed by atoms with van der Waals surface area (Å²) in [4.78, 5) is 24.4. The van der Waals surface area contributed by atoms with Crippen molar-refractivity contribution in [2.45, 2.75) is 52.1 Å². The van der Waals surface area contributed by atoms with E-state index in [0.717, 1.165) is 28.7 Å². The van der Waals surface area contributed by atoms with Crippen LogP contribution < -0.4 is 5.32 Å². The summed E-state index contributed by atoms with van der Waals surface area (Å²) in [5, 5.41) is 7.16. The molecule has 1 saturated carbocycles. The fourth-order valence-electron chi connectivity index (χ4n) is 2.87. The maximum atomic E-state index is 12.3. The van der Waals surface area contributed by atoms with Gasteiger partial charge in [0.2, 0.25) is 0 Å². The van der Waals surface area contributed by atoms with Crippen LogP contribution >= 0.6 is 15.9 Å². The Morgan fingerprint density at radius 2 is 2.00 bits per heavy atom. The van der Waals surface area contributed by atoms with Gasteiger partial charge in [0.15, 0.2) is 0 Å². The lowest BCUT2D eigenvalue weighted by molar-refractivity contribution is 0.0524. The molecule has 1 N–H and O–H groups in total. The van der Waals surface area contributed by atoms with Gasteiger partial charge in [-0.2, -0.15) is 5.10 Å². The molecule has 0 saturated heterocycles. The number of esters is 1. The summed E-state index contributed by atoms with van der Waals surface area (Å²) in [5.41, 5.74) is 2.05. The zero-order valence-corrected chi connectivity index (χ0v) is 18.0. The summed E-state index contributed by atoms with van der Waals surface area (Å²) in [5.74, 6) is -0.0825. The molecule has 1 aromatic carbocycles. The lowest BCUT2D eigenvalue weighted by Gasteiger charge is -2.20. The highest BCUT2D eigenvalue weighted by molar-refractivity contribution is 9.10. The number of anilines is 1.